The highest BCUT2D eigenvalue weighted by atomic mass is 31.2. The van der Waals surface area contributed by atoms with Crippen molar-refractivity contribution < 1.29 is 27.8 Å². The van der Waals surface area contributed by atoms with Gasteiger partial charge in [-0.1, -0.05) is 19.3 Å². The van der Waals surface area contributed by atoms with E-state index in [1.807, 2.05) is 0 Å². The van der Waals surface area contributed by atoms with Gasteiger partial charge in [-0.2, -0.15) is 0 Å². The molecule has 7 nitrogen and oxygen atoms in total. The van der Waals surface area contributed by atoms with Crippen LogP contribution in [0.3, 0.4) is 0 Å². The molecular formula is C12H15FNO6P. The van der Waals surface area contributed by atoms with Crippen LogP contribution in [0.25, 0.3) is 0 Å². The van der Waals surface area contributed by atoms with Crippen molar-refractivity contribution in [3.8, 4) is 5.75 Å². The first-order valence-electron chi connectivity index (χ1n) is 6.52. The molecule has 0 radical (unpaired) electrons. The van der Waals surface area contributed by atoms with Gasteiger partial charge in [0.15, 0.2) is 0 Å². The van der Waals surface area contributed by atoms with Crippen molar-refractivity contribution in [1.82, 2.24) is 0 Å². The van der Waals surface area contributed by atoms with E-state index in [-0.39, 0.29) is 0 Å². The lowest BCUT2D eigenvalue weighted by Gasteiger charge is -2.23. The molecule has 0 heterocycles. The Morgan fingerprint density at radius 2 is 2.00 bits per heavy atom. The summed E-state index contributed by atoms with van der Waals surface area (Å²) in [6.45, 7) is 0. The van der Waals surface area contributed by atoms with Gasteiger partial charge in [-0.15, -0.1) is 0 Å². The number of nitrogens with zero attached hydrogens (tertiary/aromatic N) is 1. The van der Waals surface area contributed by atoms with Crippen LogP contribution in [0.1, 0.15) is 32.1 Å². The van der Waals surface area contributed by atoms with Crippen molar-refractivity contribution >= 4 is 13.5 Å². The van der Waals surface area contributed by atoms with E-state index < -0.39 is 36.1 Å². The van der Waals surface area contributed by atoms with E-state index in [1.165, 1.54) is 0 Å². The monoisotopic (exact) mass is 319 g/mol. The Morgan fingerprint density at radius 1 is 1.33 bits per heavy atom. The molecule has 1 saturated carbocycles. The normalized spacial score (nSPS) is 19.0. The third-order valence-corrected chi connectivity index (χ3v) is 4.16. The first-order valence-corrected chi connectivity index (χ1v) is 8.02. The summed E-state index contributed by atoms with van der Waals surface area (Å²) in [6, 6.07) is 2.46. The third kappa shape index (κ3) is 4.49. The SMILES string of the molecule is O=[N+]([O-])c1cc(F)ccc1OP(=O)(O)OC1CCCCC1. The summed E-state index contributed by atoms with van der Waals surface area (Å²) in [5.74, 6) is -1.34. The zero-order valence-electron chi connectivity index (χ0n) is 11.1. The van der Waals surface area contributed by atoms with Crippen molar-refractivity contribution in [1.29, 1.82) is 0 Å². The summed E-state index contributed by atoms with van der Waals surface area (Å²) >= 11 is 0. The molecule has 1 N–H and O–H groups in total. The van der Waals surface area contributed by atoms with Gasteiger partial charge in [0.1, 0.15) is 5.82 Å². The Kier molecular flexibility index (Phi) is 4.92. The van der Waals surface area contributed by atoms with Crippen molar-refractivity contribution in [2.45, 2.75) is 38.2 Å². The van der Waals surface area contributed by atoms with E-state index in [9.17, 15) is 24.0 Å². The Labute approximate surface area is 120 Å². The van der Waals surface area contributed by atoms with Crippen LogP contribution >= 0.6 is 7.82 Å². The van der Waals surface area contributed by atoms with Crippen LogP contribution in [-0.2, 0) is 9.09 Å². The Morgan fingerprint density at radius 3 is 2.62 bits per heavy atom. The minimum Gasteiger partial charge on any atom is -0.397 e. The quantitative estimate of drug-likeness (QED) is 0.506. The van der Waals surface area contributed by atoms with Crippen LogP contribution in [-0.4, -0.2) is 15.9 Å². The first kappa shape index (κ1) is 15.9. The van der Waals surface area contributed by atoms with Crippen molar-refractivity contribution in [2.24, 2.45) is 0 Å². The predicted octanol–water partition coefficient (Wildman–Crippen LogP) is 3.56. The number of benzene rings is 1. The molecule has 0 aliphatic heterocycles. The zero-order chi connectivity index (χ0) is 15.5. The predicted molar refractivity (Wildman–Crippen MR) is 71.5 cm³/mol. The van der Waals surface area contributed by atoms with Gasteiger partial charge in [0.25, 0.3) is 0 Å². The fourth-order valence-electron chi connectivity index (χ4n) is 2.22. The lowest BCUT2D eigenvalue weighted by Crippen LogP contribution is -2.16. The second kappa shape index (κ2) is 6.51. The minimum absolute atomic E-state index is 0.408. The zero-order valence-corrected chi connectivity index (χ0v) is 12.0. The molecule has 0 aromatic heterocycles. The van der Waals surface area contributed by atoms with Gasteiger partial charge >= 0.3 is 13.5 Å². The summed E-state index contributed by atoms with van der Waals surface area (Å²) in [5.41, 5.74) is -0.725. The van der Waals surface area contributed by atoms with Crippen LogP contribution < -0.4 is 4.52 Å². The van der Waals surface area contributed by atoms with E-state index in [0.29, 0.717) is 18.9 Å². The number of halogens is 1. The largest absolute Gasteiger partial charge is 0.527 e. The van der Waals surface area contributed by atoms with E-state index in [2.05, 4.69) is 0 Å². The van der Waals surface area contributed by atoms with Crippen LogP contribution in [0.2, 0.25) is 0 Å². The molecule has 1 atom stereocenters. The average molecular weight is 319 g/mol. The summed E-state index contributed by atoms with van der Waals surface area (Å²) in [6.07, 6.45) is 3.69. The number of hydrogen-bond donors (Lipinski definition) is 1. The molecule has 116 valence electrons. The molecule has 1 aromatic carbocycles. The third-order valence-electron chi connectivity index (χ3n) is 3.17. The number of hydrogen-bond acceptors (Lipinski definition) is 5. The highest BCUT2D eigenvalue weighted by Gasteiger charge is 2.32. The fourth-order valence-corrected chi connectivity index (χ4v) is 3.25. The van der Waals surface area contributed by atoms with Crippen molar-refractivity contribution in [3.63, 3.8) is 0 Å². The smallest absolute Gasteiger partial charge is 0.397 e. The van der Waals surface area contributed by atoms with Crippen molar-refractivity contribution in [3.05, 3.63) is 34.1 Å². The number of phosphoric acid groups is 1. The Bertz CT molecular complexity index is 575. The molecule has 0 spiro atoms. The van der Waals surface area contributed by atoms with Gasteiger partial charge in [-0.25, -0.2) is 8.96 Å². The highest BCUT2D eigenvalue weighted by molar-refractivity contribution is 7.47. The molecule has 21 heavy (non-hydrogen) atoms. The lowest BCUT2D eigenvalue weighted by atomic mass is 9.98. The maximum atomic E-state index is 13.0. The van der Waals surface area contributed by atoms with Gasteiger partial charge in [0.05, 0.1) is 17.1 Å². The second-order valence-electron chi connectivity index (χ2n) is 4.79. The van der Waals surface area contributed by atoms with E-state index in [1.54, 1.807) is 0 Å². The summed E-state index contributed by atoms with van der Waals surface area (Å²) in [5, 5.41) is 10.8. The molecule has 0 bridgehead atoms. The van der Waals surface area contributed by atoms with Gasteiger partial charge in [-0.3, -0.25) is 19.5 Å². The van der Waals surface area contributed by atoms with Crippen molar-refractivity contribution in [2.75, 3.05) is 0 Å². The first-order chi connectivity index (χ1) is 9.87. The summed E-state index contributed by atoms with van der Waals surface area (Å²) < 4.78 is 34.6. The lowest BCUT2D eigenvalue weighted by molar-refractivity contribution is -0.385. The highest BCUT2D eigenvalue weighted by Crippen LogP contribution is 2.49. The molecule has 1 aliphatic carbocycles. The molecule has 2 rings (SSSR count). The maximum absolute atomic E-state index is 13.0. The van der Waals surface area contributed by atoms with Gasteiger partial charge in [0, 0.05) is 0 Å². The average Bonchev–Trinajstić information content (AvgIpc) is 2.41. The van der Waals surface area contributed by atoms with Crippen LogP contribution in [0.5, 0.6) is 5.75 Å². The van der Waals surface area contributed by atoms with E-state index in [0.717, 1.165) is 31.4 Å². The van der Waals surface area contributed by atoms with E-state index in [4.69, 9.17) is 9.05 Å². The summed E-state index contributed by atoms with van der Waals surface area (Å²) in [4.78, 5) is 19.6. The molecule has 0 saturated heterocycles. The summed E-state index contributed by atoms with van der Waals surface area (Å²) in [7, 11) is -4.49. The molecular weight excluding hydrogens is 304 g/mol. The molecule has 1 aliphatic rings. The minimum atomic E-state index is -4.49. The second-order valence-corrected chi connectivity index (χ2v) is 6.12. The molecule has 9 heteroatoms. The van der Waals surface area contributed by atoms with E-state index >= 15 is 0 Å². The van der Waals surface area contributed by atoms with Crippen LogP contribution in [0, 0.1) is 15.9 Å². The standard InChI is InChI=1S/C12H15FNO6P/c13-9-6-7-12(11(8-9)14(15)16)20-21(17,18)19-10-4-2-1-3-5-10/h6-8,10H,1-5H2,(H,17,18). The molecule has 1 fully saturated rings. The Hall–Kier alpha value is -1.50. The molecule has 1 unspecified atom stereocenters. The molecule has 1 aromatic rings. The van der Waals surface area contributed by atoms with Gasteiger partial charge < -0.3 is 4.52 Å². The van der Waals surface area contributed by atoms with Gasteiger partial charge in [-0.05, 0) is 25.0 Å². The van der Waals surface area contributed by atoms with Crippen LogP contribution in [0.15, 0.2) is 18.2 Å². The molecule has 0 amide bonds. The fraction of sp³-hybridized carbons (Fsp3) is 0.500. The topological polar surface area (TPSA) is 98.9 Å². The van der Waals surface area contributed by atoms with Crippen LogP contribution in [0.4, 0.5) is 10.1 Å². The Balaban J connectivity index is 2.12. The number of nitro groups is 1. The maximum Gasteiger partial charge on any atom is 0.527 e. The van der Waals surface area contributed by atoms with Gasteiger partial charge in [0.2, 0.25) is 5.75 Å². The number of phosphoric ester groups is 1. The number of nitro benzene ring substituents is 1. The number of rotatable bonds is 5.